The first-order chi connectivity index (χ1) is 6.36. The molecule has 0 aliphatic carbocycles. The van der Waals surface area contributed by atoms with Gasteiger partial charge in [0.15, 0.2) is 0 Å². The topological polar surface area (TPSA) is 34.1 Å². The average molecular weight is 180 g/mol. The molecule has 1 rings (SSSR count). The van der Waals surface area contributed by atoms with Gasteiger partial charge in [-0.05, 0) is 38.6 Å². The number of hydrogen-bond donors (Lipinski definition) is 1. The molecule has 0 bridgehead atoms. The first-order valence-corrected chi connectivity index (χ1v) is 4.58. The molecule has 1 aromatic heterocycles. The van der Waals surface area contributed by atoms with Crippen molar-refractivity contribution in [2.75, 3.05) is 20.2 Å². The number of aromatic nitrogens is 1. The van der Waals surface area contributed by atoms with Crippen molar-refractivity contribution in [3.63, 3.8) is 0 Å². The smallest absolute Gasteiger partial charge is 0.137 e. The molecule has 0 atom stereocenters. The van der Waals surface area contributed by atoms with Crippen LogP contribution in [0.4, 0.5) is 0 Å². The number of nitrogens with zero attached hydrogens (tertiary/aromatic N) is 1. The summed E-state index contributed by atoms with van der Waals surface area (Å²) in [7, 11) is 1.94. The SMILES string of the molecule is CCOc1cncc(CCNC)c1. The molecule has 0 spiro atoms. The Morgan fingerprint density at radius 1 is 1.46 bits per heavy atom. The van der Waals surface area contributed by atoms with Crippen molar-refractivity contribution in [2.45, 2.75) is 13.3 Å². The maximum Gasteiger partial charge on any atom is 0.137 e. The van der Waals surface area contributed by atoms with Crippen LogP contribution >= 0.6 is 0 Å². The van der Waals surface area contributed by atoms with Crippen LogP contribution in [0.5, 0.6) is 5.75 Å². The van der Waals surface area contributed by atoms with Crippen LogP contribution in [0.3, 0.4) is 0 Å². The van der Waals surface area contributed by atoms with Crippen molar-refractivity contribution in [3.8, 4) is 5.75 Å². The van der Waals surface area contributed by atoms with E-state index in [4.69, 9.17) is 4.74 Å². The molecule has 0 radical (unpaired) electrons. The summed E-state index contributed by atoms with van der Waals surface area (Å²) in [4.78, 5) is 4.10. The minimum atomic E-state index is 0.692. The van der Waals surface area contributed by atoms with Crippen molar-refractivity contribution < 1.29 is 4.74 Å². The van der Waals surface area contributed by atoms with E-state index in [-0.39, 0.29) is 0 Å². The van der Waals surface area contributed by atoms with Crippen molar-refractivity contribution >= 4 is 0 Å². The molecule has 0 saturated carbocycles. The molecule has 0 aliphatic rings. The second-order valence-electron chi connectivity index (χ2n) is 2.82. The summed E-state index contributed by atoms with van der Waals surface area (Å²) in [6, 6.07) is 2.04. The summed E-state index contributed by atoms with van der Waals surface area (Å²) in [6.45, 7) is 3.63. The zero-order valence-electron chi connectivity index (χ0n) is 8.21. The third kappa shape index (κ3) is 3.42. The fourth-order valence-corrected chi connectivity index (χ4v) is 1.12. The molecular formula is C10H16N2O. The second kappa shape index (κ2) is 5.54. The van der Waals surface area contributed by atoms with E-state index < -0.39 is 0 Å². The summed E-state index contributed by atoms with van der Waals surface area (Å²) >= 11 is 0. The monoisotopic (exact) mass is 180 g/mol. The number of pyridine rings is 1. The summed E-state index contributed by atoms with van der Waals surface area (Å²) in [5.41, 5.74) is 1.21. The molecule has 0 aromatic carbocycles. The van der Waals surface area contributed by atoms with Gasteiger partial charge in [-0.2, -0.15) is 0 Å². The van der Waals surface area contributed by atoms with E-state index in [1.165, 1.54) is 5.56 Å². The van der Waals surface area contributed by atoms with Gasteiger partial charge in [-0.15, -0.1) is 0 Å². The highest BCUT2D eigenvalue weighted by atomic mass is 16.5. The van der Waals surface area contributed by atoms with Crippen molar-refractivity contribution in [1.82, 2.24) is 10.3 Å². The van der Waals surface area contributed by atoms with Gasteiger partial charge >= 0.3 is 0 Å². The maximum atomic E-state index is 5.34. The number of ether oxygens (including phenoxy) is 1. The number of nitrogens with one attached hydrogen (secondary N) is 1. The summed E-state index contributed by atoms with van der Waals surface area (Å²) in [6.07, 6.45) is 4.61. The Morgan fingerprint density at radius 2 is 2.31 bits per heavy atom. The van der Waals surface area contributed by atoms with Gasteiger partial charge in [0.1, 0.15) is 5.75 Å². The highest BCUT2D eigenvalue weighted by molar-refractivity contribution is 5.23. The van der Waals surface area contributed by atoms with Crippen LogP contribution in [0.25, 0.3) is 0 Å². The minimum absolute atomic E-state index is 0.692. The van der Waals surface area contributed by atoms with E-state index in [0.717, 1.165) is 18.7 Å². The Labute approximate surface area is 79.1 Å². The van der Waals surface area contributed by atoms with Gasteiger partial charge in [0.2, 0.25) is 0 Å². The Hall–Kier alpha value is -1.09. The van der Waals surface area contributed by atoms with Gasteiger partial charge in [-0.25, -0.2) is 0 Å². The predicted molar refractivity (Wildman–Crippen MR) is 53.0 cm³/mol. The molecule has 0 saturated heterocycles. The van der Waals surface area contributed by atoms with Gasteiger partial charge in [-0.1, -0.05) is 0 Å². The number of likely N-dealkylation sites (N-methyl/N-ethyl adjacent to an activating group) is 1. The zero-order valence-corrected chi connectivity index (χ0v) is 8.21. The standard InChI is InChI=1S/C10H16N2O/c1-3-13-10-6-9(4-5-11-2)7-12-8-10/h6-8,11H,3-5H2,1-2H3. The van der Waals surface area contributed by atoms with Crippen molar-refractivity contribution in [3.05, 3.63) is 24.0 Å². The van der Waals surface area contributed by atoms with Crippen molar-refractivity contribution in [2.24, 2.45) is 0 Å². The summed E-state index contributed by atoms with van der Waals surface area (Å²) < 4.78 is 5.34. The van der Waals surface area contributed by atoms with Gasteiger partial charge in [-0.3, -0.25) is 4.98 Å². The minimum Gasteiger partial charge on any atom is -0.492 e. The lowest BCUT2D eigenvalue weighted by Gasteiger charge is -2.04. The fourth-order valence-electron chi connectivity index (χ4n) is 1.12. The van der Waals surface area contributed by atoms with E-state index >= 15 is 0 Å². The molecule has 3 heteroatoms. The highest BCUT2D eigenvalue weighted by Crippen LogP contribution is 2.10. The van der Waals surface area contributed by atoms with E-state index in [0.29, 0.717) is 6.61 Å². The maximum absolute atomic E-state index is 5.34. The Morgan fingerprint density at radius 3 is 3.00 bits per heavy atom. The molecule has 0 fully saturated rings. The quantitative estimate of drug-likeness (QED) is 0.740. The van der Waals surface area contributed by atoms with Crippen LogP contribution in [0.15, 0.2) is 18.5 Å². The second-order valence-corrected chi connectivity index (χ2v) is 2.82. The van der Waals surface area contributed by atoms with E-state index in [2.05, 4.69) is 10.3 Å². The first-order valence-electron chi connectivity index (χ1n) is 4.58. The lowest BCUT2D eigenvalue weighted by molar-refractivity contribution is 0.338. The van der Waals surface area contributed by atoms with Crippen LogP contribution in [0, 0.1) is 0 Å². The van der Waals surface area contributed by atoms with Gasteiger partial charge in [0, 0.05) is 6.20 Å². The first kappa shape index (κ1) is 9.99. The van der Waals surface area contributed by atoms with Gasteiger partial charge in [0.05, 0.1) is 12.8 Å². The number of rotatable bonds is 5. The molecule has 3 nitrogen and oxygen atoms in total. The zero-order chi connectivity index (χ0) is 9.52. The van der Waals surface area contributed by atoms with E-state index in [1.54, 1.807) is 6.20 Å². The predicted octanol–water partition coefficient (Wildman–Crippen LogP) is 1.24. The third-order valence-corrected chi connectivity index (χ3v) is 1.74. The summed E-state index contributed by atoms with van der Waals surface area (Å²) in [5, 5.41) is 3.10. The molecule has 1 N–H and O–H groups in total. The van der Waals surface area contributed by atoms with Crippen LogP contribution in [-0.2, 0) is 6.42 Å². The Bertz CT molecular complexity index is 250. The molecule has 72 valence electrons. The average Bonchev–Trinajstić information content (AvgIpc) is 2.16. The largest absolute Gasteiger partial charge is 0.492 e. The third-order valence-electron chi connectivity index (χ3n) is 1.74. The molecule has 1 heterocycles. The highest BCUT2D eigenvalue weighted by Gasteiger charge is 1.96. The van der Waals surface area contributed by atoms with Crippen molar-refractivity contribution in [1.29, 1.82) is 0 Å². The summed E-state index contributed by atoms with van der Waals surface area (Å²) in [5.74, 6) is 0.858. The molecule has 1 aromatic rings. The van der Waals surface area contributed by atoms with Crippen LogP contribution < -0.4 is 10.1 Å². The molecule has 0 unspecified atom stereocenters. The van der Waals surface area contributed by atoms with Gasteiger partial charge < -0.3 is 10.1 Å². The van der Waals surface area contributed by atoms with Crippen LogP contribution in [0.1, 0.15) is 12.5 Å². The lowest BCUT2D eigenvalue weighted by Crippen LogP contribution is -2.10. The molecule has 0 aliphatic heterocycles. The Balaban J connectivity index is 2.56. The Kier molecular flexibility index (Phi) is 4.26. The molecular weight excluding hydrogens is 164 g/mol. The molecule has 0 amide bonds. The number of hydrogen-bond acceptors (Lipinski definition) is 3. The lowest BCUT2D eigenvalue weighted by atomic mass is 10.2. The van der Waals surface area contributed by atoms with E-state index in [1.807, 2.05) is 26.2 Å². The van der Waals surface area contributed by atoms with Gasteiger partial charge in [0.25, 0.3) is 0 Å². The van der Waals surface area contributed by atoms with E-state index in [9.17, 15) is 0 Å². The fraction of sp³-hybridized carbons (Fsp3) is 0.500. The van der Waals surface area contributed by atoms with Crippen LogP contribution in [0.2, 0.25) is 0 Å². The molecule has 13 heavy (non-hydrogen) atoms. The van der Waals surface area contributed by atoms with Crippen LogP contribution in [-0.4, -0.2) is 25.2 Å². The normalized spacial score (nSPS) is 10.0.